The maximum atomic E-state index is 13.8. The molecule has 6 rings (SSSR count). The monoisotopic (exact) mass is 517 g/mol. The van der Waals surface area contributed by atoms with E-state index in [9.17, 15) is 9.90 Å². The third kappa shape index (κ3) is 5.09. The van der Waals surface area contributed by atoms with Gasteiger partial charge < -0.3 is 14.3 Å². The van der Waals surface area contributed by atoms with Crippen LogP contribution in [-0.4, -0.2) is 76.6 Å². The smallest absolute Gasteiger partial charge is 0.332 e. The Balaban J connectivity index is 1.32. The second kappa shape index (κ2) is 10.1. The van der Waals surface area contributed by atoms with E-state index < -0.39 is 5.54 Å². The molecule has 0 saturated carbocycles. The maximum absolute atomic E-state index is 13.8. The first-order chi connectivity index (χ1) is 16.9. The summed E-state index contributed by atoms with van der Waals surface area (Å²) < 4.78 is 6.94. The summed E-state index contributed by atoms with van der Waals surface area (Å²) in [5.41, 5.74) is -0.776. The molecule has 4 aliphatic heterocycles. The van der Waals surface area contributed by atoms with Crippen molar-refractivity contribution in [3.8, 4) is 0 Å². The van der Waals surface area contributed by atoms with Crippen molar-refractivity contribution in [3.05, 3.63) is 39.9 Å². The molecule has 2 bridgehead atoms. The van der Waals surface area contributed by atoms with Crippen molar-refractivity contribution in [2.75, 3.05) is 39.3 Å². The minimum Gasteiger partial charge on any atom is -0.858 e. The van der Waals surface area contributed by atoms with E-state index in [4.69, 9.17) is 16.3 Å². The number of thiophene rings is 1. The highest BCUT2D eigenvalue weighted by Crippen LogP contribution is 2.39. The highest BCUT2D eigenvalue weighted by Gasteiger charge is 2.51. The van der Waals surface area contributed by atoms with Crippen LogP contribution in [0.3, 0.4) is 0 Å². The summed E-state index contributed by atoms with van der Waals surface area (Å²) in [6.45, 7) is 6.54. The predicted octanol–water partition coefficient (Wildman–Crippen LogP) is 3.14. The first-order valence-corrected chi connectivity index (χ1v) is 13.7. The molecule has 188 valence electrons. The molecule has 0 spiro atoms. The number of aliphatic imine (C=N–C) groups is 1. The maximum Gasteiger partial charge on any atom is 0.332 e. The number of carbonyl (C=O) groups excluding carboxylic acids is 1. The summed E-state index contributed by atoms with van der Waals surface area (Å²) in [6, 6.07) is 4.05. The van der Waals surface area contributed by atoms with Crippen LogP contribution in [-0.2, 0) is 15.1 Å². The van der Waals surface area contributed by atoms with Gasteiger partial charge in [-0.05, 0) is 44.3 Å². The quantitative estimate of drug-likeness (QED) is 0.242. The average Bonchev–Trinajstić information content (AvgIpc) is 3.40. The number of quaternary nitrogens is 1. The lowest BCUT2D eigenvalue weighted by molar-refractivity contribution is -0.940. The summed E-state index contributed by atoms with van der Waals surface area (Å²) in [5.74, 6) is 0.162. The number of rotatable bonds is 7. The van der Waals surface area contributed by atoms with Crippen molar-refractivity contribution in [1.82, 2.24) is 14.9 Å². The first kappa shape index (κ1) is 24.6. The lowest BCUT2D eigenvalue weighted by Crippen LogP contribution is -2.67. The topological polar surface area (TPSA) is 90.7 Å². The summed E-state index contributed by atoms with van der Waals surface area (Å²) in [6.07, 6.45) is 7.96. The Kier molecular flexibility index (Phi) is 7.12. The SMILES string of the molecule is CC(C(=O)O[C@@H]1C[N+]2(C/C([O-])=N/c3cncc(Cl)n3)CCC1CC2)(c1cccs1)N1CCCCC1. The Morgan fingerprint density at radius 1 is 1.31 bits per heavy atom. The van der Waals surface area contributed by atoms with Gasteiger partial charge in [0.2, 0.25) is 0 Å². The molecular weight excluding hydrogens is 486 g/mol. The molecule has 2 aromatic rings. The second-order valence-electron chi connectivity index (χ2n) is 10.2. The van der Waals surface area contributed by atoms with Gasteiger partial charge in [-0.25, -0.2) is 14.8 Å². The molecule has 2 aromatic heterocycles. The van der Waals surface area contributed by atoms with Crippen LogP contribution in [0, 0.1) is 5.92 Å². The van der Waals surface area contributed by atoms with Crippen LogP contribution in [0.5, 0.6) is 0 Å². The molecule has 8 nitrogen and oxygen atoms in total. The van der Waals surface area contributed by atoms with Gasteiger partial charge in [0.1, 0.15) is 18.2 Å². The van der Waals surface area contributed by atoms with Gasteiger partial charge in [0.05, 0.1) is 25.5 Å². The third-order valence-corrected chi connectivity index (χ3v) is 9.25. The molecule has 0 amide bonds. The Morgan fingerprint density at radius 3 is 2.77 bits per heavy atom. The fourth-order valence-corrected chi connectivity index (χ4v) is 6.99. The van der Waals surface area contributed by atoms with Gasteiger partial charge in [0.15, 0.2) is 17.5 Å². The molecule has 0 radical (unpaired) electrons. The molecule has 0 aliphatic carbocycles. The molecule has 1 unspecified atom stereocenters. The lowest BCUT2D eigenvalue weighted by atomic mass is 9.83. The Hall–Kier alpha value is -2.07. The van der Waals surface area contributed by atoms with Crippen molar-refractivity contribution >= 4 is 40.6 Å². The number of ether oxygens (including phenoxy) is 1. The number of nitrogens with zero attached hydrogens (tertiary/aromatic N) is 5. The highest BCUT2D eigenvalue weighted by molar-refractivity contribution is 7.10. The molecule has 0 aromatic carbocycles. The highest BCUT2D eigenvalue weighted by atomic mass is 35.5. The number of esters is 1. The Morgan fingerprint density at radius 2 is 2.09 bits per heavy atom. The van der Waals surface area contributed by atoms with Crippen LogP contribution in [0.25, 0.3) is 0 Å². The standard InChI is InChI=1S/C25H32ClN5O3S/c1-25(20-6-5-13-35-20,30-9-3-2-4-10-30)24(33)34-19-16-31(11-7-18(19)8-12-31)17-23(32)29-22-15-27-14-21(26)28-22/h5-6,13-15,18-19H,2-4,7-12,16-17H2,1H3/t18?,19-,25?,31?/m1/s1. The van der Waals surface area contributed by atoms with Crippen LogP contribution >= 0.6 is 22.9 Å². The van der Waals surface area contributed by atoms with E-state index in [0.717, 1.165) is 56.7 Å². The van der Waals surface area contributed by atoms with Crippen LogP contribution < -0.4 is 5.11 Å². The summed E-state index contributed by atoms with van der Waals surface area (Å²) in [4.78, 5) is 29.3. The van der Waals surface area contributed by atoms with E-state index in [1.807, 2.05) is 24.4 Å². The summed E-state index contributed by atoms with van der Waals surface area (Å²) in [5, 5.41) is 15.1. The average molecular weight is 518 g/mol. The molecular formula is C25H32ClN5O3S. The van der Waals surface area contributed by atoms with Gasteiger partial charge in [-0.3, -0.25) is 9.88 Å². The lowest BCUT2D eigenvalue weighted by Gasteiger charge is -2.53. The van der Waals surface area contributed by atoms with E-state index in [-0.39, 0.29) is 35.5 Å². The molecule has 4 fully saturated rings. The van der Waals surface area contributed by atoms with Crippen LogP contribution in [0.4, 0.5) is 5.82 Å². The molecule has 6 heterocycles. The summed E-state index contributed by atoms with van der Waals surface area (Å²) >= 11 is 7.49. The first-order valence-electron chi connectivity index (χ1n) is 12.5. The van der Waals surface area contributed by atoms with Crippen molar-refractivity contribution in [2.45, 2.75) is 50.7 Å². The minimum atomic E-state index is -0.776. The van der Waals surface area contributed by atoms with Crippen LogP contribution in [0.2, 0.25) is 5.15 Å². The van der Waals surface area contributed by atoms with Crippen molar-refractivity contribution in [2.24, 2.45) is 10.9 Å². The van der Waals surface area contributed by atoms with Gasteiger partial charge in [-0.2, -0.15) is 0 Å². The van der Waals surface area contributed by atoms with Gasteiger partial charge >= 0.3 is 5.97 Å². The number of hydrogen-bond acceptors (Lipinski definition) is 8. The van der Waals surface area contributed by atoms with Gasteiger partial charge in [-0.1, -0.05) is 24.1 Å². The zero-order valence-corrected chi connectivity index (χ0v) is 21.6. The fourth-order valence-electron chi connectivity index (χ4n) is 5.95. The molecule has 4 aliphatic rings. The van der Waals surface area contributed by atoms with E-state index in [1.165, 1.54) is 18.8 Å². The van der Waals surface area contributed by atoms with E-state index in [1.54, 1.807) is 11.3 Å². The number of fused-ring (bicyclic) bond motifs is 3. The molecule has 4 saturated heterocycles. The molecule has 35 heavy (non-hydrogen) atoms. The zero-order valence-electron chi connectivity index (χ0n) is 20.1. The van der Waals surface area contributed by atoms with Gasteiger partial charge in [-0.15, -0.1) is 11.3 Å². The third-order valence-electron chi connectivity index (χ3n) is 7.99. The fraction of sp³-hybridized carbons (Fsp3) is 0.600. The molecule has 10 heteroatoms. The predicted molar refractivity (Wildman–Crippen MR) is 134 cm³/mol. The van der Waals surface area contributed by atoms with Crippen molar-refractivity contribution in [3.63, 3.8) is 0 Å². The number of piperidine rings is 4. The van der Waals surface area contributed by atoms with Gasteiger partial charge in [0.25, 0.3) is 0 Å². The Bertz CT molecular complexity index is 1070. The van der Waals surface area contributed by atoms with Crippen molar-refractivity contribution in [1.29, 1.82) is 0 Å². The number of likely N-dealkylation sites (tertiary alicyclic amines) is 1. The normalized spacial score (nSPS) is 29.0. The van der Waals surface area contributed by atoms with Crippen LogP contribution in [0.1, 0.15) is 43.9 Å². The summed E-state index contributed by atoms with van der Waals surface area (Å²) in [7, 11) is 0. The van der Waals surface area contributed by atoms with E-state index >= 15 is 0 Å². The second-order valence-corrected chi connectivity index (χ2v) is 11.5. The molecule has 2 atom stereocenters. The number of halogens is 1. The van der Waals surface area contributed by atoms with E-state index in [0.29, 0.717) is 16.9 Å². The minimum absolute atomic E-state index is 0.163. The Labute approximate surface area is 215 Å². The van der Waals surface area contributed by atoms with Gasteiger partial charge in [0, 0.05) is 29.5 Å². The largest absolute Gasteiger partial charge is 0.858 e. The van der Waals surface area contributed by atoms with E-state index in [2.05, 4.69) is 19.9 Å². The number of hydrogen-bond donors (Lipinski definition) is 0. The van der Waals surface area contributed by atoms with Crippen LogP contribution in [0.15, 0.2) is 34.9 Å². The van der Waals surface area contributed by atoms with Crippen molar-refractivity contribution < 1.29 is 19.1 Å². The molecule has 0 N–H and O–H groups in total. The number of aromatic nitrogens is 2. The zero-order chi connectivity index (χ0) is 24.5. The number of carbonyl (C=O) groups is 1.